The maximum atomic E-state index is 11.2. The zero-order valence-electron chi connectivity index (χ0n) is 12.6. The number of nitrogens with one attached hydrogen (secondary N) is 2. The van der Waals surface area contributed by atoms with E-state index < -0.39 is 20.1 Å². The average molecular weight is 372 g/mol. The molecular weight excluding hydrogens is 356 g/mol. The summed E-state index contributed by atoms with van der Waals surface area (Å²) in [6, 6.07) is 12.0. The van der Waals surface area contributed by atoms with Crippen molar-refractivity contribution in [1.82, 2.24) is 0 Å². The van der Waals surface area contributed by atoms with Gasteiger partial charge in [-0.1, -0.05) is 12.1 Å². The van der Waals surface area contributed by atoms with Crippen LogP contribution >= 0.6 is 0 Å². The lowest BCUT2D eigenvalue weighted by molar-refractivity contribution is 0.345. The van der Waals surface area contributed by atoms with Crippen LogP contribution in [0.2, 0.25) is 0 Å². The number of hydrogen-bond acceptors (Lipinski definition) is 6. The molecule has 0 aliphatic rings. The number of rotatable bonds is 7. The molecule has 0 unspecified atom stereocenters. The third kappa shape index (κ3) is 5.72. The SMILES string of the molecule is CS(=O)(=O)Nc1cccc(NCOc2cccc(S(=O)(=O)O)c2)c1. The first-order valence-electron chi connectivity index (χ1n) is 6.65. The van der Waals surface area contributed by atoms with Crippen molar-refractivity contribution in [2.45, 2.75) is 4.90 Å². The van der Waals surface area contributed by atoms with Gasteiger partial charge in [0.1, 0.15) is 5.75 Å². The maximum Gasteiger partial charge on any atom is 0.294 e. The van der Waals surface area contributed by atoms with Crippen molar-refractivity contribution in [3.05, 3.63) is 48.5 Å². The Morgan fingerprint density at radius 2 is 1.67 bits per heavy atom. The molecule has 0 radical (unpaired) electrons. The van der Waals surface area contributed by atoms with Crippen molar-refractivity contribution < 1.29 is 26.1 Å². The third-order valence-corrected chi connectivity index (χ3v) is 4.24. The fourth-order valence-corrected chi connectivity index (χ4v) is 2.90. The van der Waals surface area contributed by atoms with E-state index in [1.54, 1.807) is 24.3 Å². The Bertz CT molecular complexity index is 926. The first-order valence-corrected chi connectivity index (χ1v) is 9.99. The molecule has 0 heterocycles. The minimum atomic E-state index is -4.29. The van der Waals surface area contributed by atoms with E-state index in [-0.39, 0.29) is 17.4 Å². The van der Waals surface area contributed by atoms with Crippen LogP contribution in [0.15, 0.2) is 53.4 Å². The van der Waals surface area contributed by atoms with Gasteiger partial charge in [-0.05, 0) is 30.3 Å². The standard InChI is InChI=1S/C14H16N2O6S2/c1-23(17,18)16-12-5-2-4-11(8-12)15-10-22-13-6-3-7-14(9-13)24(19,20)21/h2-9,15-16H,10H2,1H3,(H,19,20,21). The maximum absolute atomic E-state index is 11.2. The molecule has 0 saturated carbocycles. The van der Waals surface area contributed by atoms with Crippen molar-refractivity contribution in [2.24, 2.45) is 0 Å². The predicted molar refractivity (Wildman–Crippen MR) is 90.3 cm³/mol. The molecule has 2 aromatic rings. The van der Waals surface area contributed by atoms with E-state index in [1.807, 2.05) is 0 Å². The van der Waals surface area contributed by atoms with Crippen molar-refractivity contribution >= 4 is 31.5 Å². The van der Waals surface area contributed by atoms with E-state index in [4.69, 9.17) is 9.29 Å². The van der Waals surface area contributed by atoms with E-state index in [1.165, 1.54) is 24.3 Å². The van der Waals surface area contributed by atoms with E-state index in [9.17, 15) is 16.8 Å². The van der Waals surface area contributed by atoms with Gasteiger partial charge in [-0.3, -0.25) is 9.27 Å². The van der Waals surface area contributed by atoms with Gasteiger partial charge in [0.15, 0.2) is 6.73 Å². The molecule has 0 amide bonds. The van der Waals surface area contributed by atoms with Crippen LogP contribution in [0, 0.1) is 0 Å². The van der Waals surface area contributed by atoms with Crippen molar-refractivity contribution in [2.75, 3.05) is 23.0 Å². The normalized spacial score (nSPS) is 11.8. The van der Waals surface area contributed by atoms with Crippen LogP contribution in [0.1, 0.15) is 0 Å². The van der Waals surface area contributed by atoms with Gasteiger partial charge in [-0.2, -0.15) is 8.42 Å². The first-order chi connectivity index (χ1) is 11.1. The van der Waals surface area contributed by atoms with Crippen LogP contribution in [-0.2, 0) is 20.1 Å². The van der Waals surface area contributed by atoms with E-state index in [0.717, 1.165) is 6.26 Å². The van der Waals surface area contributed by atoms with Crippen molar-refractivity contribution in [1.29, 1.82) is 0 Å². The number of sulfonamides is 1. The van der Waals surface area contributed by atoms with Gasteiger partial charge in [0, 0.05) is 11.8 Å². The minimum Gasteiger partial charge on any atom is -0.473 e. The second-order valence-corrected chi connectivity index (χ2v) is 8.04. The fourth-order valence-electron chi connectivity index (χ4n) is 1.83. The van der Waals surface area contributed by atoms with E-state index >= 15 is 0 Å². The monoisotopic (exact) mass is 372 g/mol. The molecule has 8 nitrogen and oxygen atoms in total. The third-order valence-electron chi connectivity index (χ3n) is 2.78. The summed E-state index contributed by atoms with van der Waals surface area (Å²) >= 11 is 0. The molecule has 0 fully saturated rings. The van der Waals surface area contributed by atoms with Gasteiger partial charge in [0.2, 0.25) is 10.0 Å². The number of benzene rings is 2. The molecule has 2 rings (SSSR count). The summed E-state index contributed by atoms with van der Waals surface area (Å²) < 4.78 is 61.2. The predicted octanol–water partition coefficient (Wildman–Crippen LogP) is 1.75. The molecular formula is C14H16N2O6S2. The lowest BCUT2D eigenvalue weighted by Crippen LogP contribution is -2.11. The fraction of sp³-hybridized carbons (Fsp3) is 0.143. The molecule has 0 aromatic heterocycles. The second-order valence-electron chi connectivity index (χ2n) is 4.87. The highest BCUT2D eigenvalue weighted by molar-refractivity contribution is 7.92. The highest BCUT2D eigenvalue weighted by Crippen LogP contribution is 2.18. The Morgan fingerprint density at radius 1 is 1.00 bits per heavy atom. The quantitative estimate of drug-likeness (QED) is 0.500. The molecule has 0 spiro atoms. The lowest BCUT2D eigenvalue weighted by Gasteiger charge is -2.11. The van der Waals surface area contributed by atoms with Crippen LogP contribution in [0.4, 0.5) is 11.4 Å². The van der Waals surface area contributed by atoms with Gasteiger partial charge in [0.05, 0.1) is 16.8 Å². The summed E-state index contributed by atoms with van der Waals surface area (Å²) in [4.78, 5) is -0.264. The van der Waals surface area contributed by atoms with Gasteiger partial charge in [-0.15, -0.1) is 0 Å². The largest absolute Gasteiger partial charge is 0.473 e. The van der Waals surface area contributed by atoms with Gasteiger partial charge >= 0.3 is 0 Å². The highest BCUT2D eigenvalue weighted by Gasteiger charge is 2.10. The van der Waals surface area contributed by atoms with Gasteiger partial charge in [0.25, 0.3) is 10.1 Å². The van der Waals surface area contributed by atoms with Crippen LogP contribution < -0.4 is 14.8 Å². The Balaban J connectivity index is 1.99. The molecule has 0 saturated heterocycles. The number of ether oxygens (including phenoxy) is 1. The molecule has 0 bridgehead atoms. The molecule has 0 aliphatic carbocycles. The molecule has 24 heavy (non-hydrogen) atoms. The number of hydrogen-bond donors (Lipinski definition) is 3. The number of anilines is 2. The highest BCUT2D eigenvalue weighted by atomic mass is 32.2. The molecule has 0 atom stereocenters. The molecule has 3 N–H and O–H groups in total. The van der Waals surface area contributed by atoms with Crippen molar-refractivity contribution in [3.63, 3.8) is 0 Å². The Labute approximate surface area is 140 Å². The summed E-state index contributed by atoms with van der Waals surface area (Å²) in [5.74, 6) is 0.253. The smallest absolute Gasteiger partial charge is 0.294 e. The van der Waals surface area contributed by atoms with Crippen LogP contribution in [0.25, 0.3) is 0 Å². The second kappa shape index (κ2) is 7.07. The van der Waals surface area contributed by atoms with Crippen LogP contribution in [0.5, 0.6) is 5.75 Å². The van der Waals surface area contributed by atoms with Crippen LogP contribution in [0.3, 0.4) is 0 Å². The molecule has 130 valence electrons. The lowest BCUT2D eigenvalue weighted by atomic mass is 10.3. The molecule has 2 aromatic carbocycles. The Morgan fingerprint density at radius 3 is 2.33 bits per heavy atom. The Hall–Kier alpha value is -2.30. The average Bonchev–Trinajstić information content (AvgIpc) is 2.45. The topological polar surface area (TPSA) is 122 Å². The summed E-state index contributed by atoms with van der Waals surface area (Å²) in [6.07, 6.45) is 1.05. The zero-order valence-corrected chi connectivity index (χ0v) is 14.3. The molecule has 0 aliphatic heterocycles. The van der Waals surface area contributed by atoms with E-state index in [0.29, 0.717) is 11.4 Å². The minimum absolute atomic E-state index is 0.0112. The van der Waals surface area contributed by atoms with Crippen molar-refractivity contribution in [3.8, 4) is 5.75 Å². The summed E-state index contributed by atoms with van der Waals surface area (Å²) in [5, 5.41) is 2.91. The summed E-state index contributed by atoms with van der Waals surface area (Å²) in [7, 11) is -7.66. The Kier molecular flexibility index (Phi) is 5.32. The van der Waals surface area contributed by atoms with Crippen LogP contribution in [-0.4, -0.2) is 34.4 Å². The summed E-state index contributed by atoms with van der Waals surface area (Å²) in [5.41, 5.74) is 1.01. The van der Waals surface area contributed by atoms with Gasteiger partial charge < -0.3 is 10.1 Å². The van der Waals surface area contributed by atoms with Gasteiger partial charge in [-0.25, -0.2) is 8.42 Å². The van der Waals surface area contributed by atoms with E-state index in [2.05, 4.69) is 10.0 Å². The summed E-state index contributed by atoms with van der Waals surface area (Å²) in [6.45, 7) is 0.0112. The first kappa shape index (κ1) is 18.0. The molecule has 10 heteroatoms. The zero-order chi connectivity index (χ0) is 17.8.